The molecule has 0 aromatic heterocycles. The molecule has 140 valence electrons. The van der Waals surface area contributed by atoms with Gasteiger partial charge < -0.3 is 15.0 Å². The van der Waals surface area contributed by atoms with Gasteiger partial charge in [-0.15, -0.1) is 0 Å². The Kier molecular flexibility index (Phi) is 5.06. The van der Waals surface area contributed by atoms with Crippen LogP contribution in [0.5, 0.6) is 5.75 Å². The van der Waals surface area contributed by atoms with E-state index in [-0.39, 0.29) is 31.4 Å². The summed E-state index contributed by atoms with van der Waals surface area (Å²) in [7, 11) is 0. The Morgan fingerprint density at radius 3 is 2.50 bits per heavy atom. The summed E-state index contributed by atoms with van der Waals surface area (Å²) in [5.41, 5.74) is 3.42. The van der Waals surface area contributed by atoms with Gasteiger partial charge >= 0.3 is 0 Å². The number of amides is 2. The third kappa shape index (κ3) is 3.74. The molecular weight excluding hydrogens is 352 g/mol. The number of hydrogen-bond donors (Lipinski definition) is 1. The van der Waals surface area contributed by atoms with E-state index in [0.29, 0.717) is 5.69 Å². The molecule has 0 bridgehead atoms. The molecule has 0 fully saturated rings. The maximum absolute atomic E-state index is 12.7. The highest BCUT2D eigenvalue weighted by Gasteiger charge is 2.26. The van der Waals surface area contributed by atoms with Crippen molar-refractivity contribution in [3.05, 3.63) is 78.9 Å². The van der Waals surface area contributed by atoms with Crippen LogP contribution in [0.15, 0.2) is 78.9 Å². The quantitative estimate of drug-likeness (QED) is 0.733. The van der Waals surface area contributed by atoms with E-state index in [0.717, 1.165) is 22.6 Å². The second-order valence-corrected chi connectivity index (χ2v) is 6.51. The smallest absolute Gasteiger partial charge is 0.244 e. The maximum atomic E-state index is 12.7. The first-order chi connectivity index (χ1) is 13.7. The number of benzene rings is 3. The largest absolute Gasteiger partial charge is 0.492 e. The molecule has 1 N–H and O–H groups in total. The van der Waals surface area contributed by atoms with Crippen LogP contribution in [0.1, 0.15) is 6.42 Å². The third-order valence-electron chi connectivity index (χ3n) is 4.62. The van der Waals surface area contributed by atoms with E-state index in [1.165, 1.54) is 4.90 Å². The normalized spacial score (nSPS) is 12.9. The summed E-state index contributed by atoms with van der Waals surface area (Å²) in [5.74, 6) is 0.403. The predicted molar refractivity (Wildman–Crippen MR) is 109 cm³/mol. The lowest BCUT2D eigenvalue weighted by Gasteiger charge is -2.29. The van der Waals surface area contributed by atoms with Crippen LogP contribution in [-0.4, -0.2) is 25.0 Å². The first-order valence-electron chi connectivity index (χ1n) is 9.19. The van der Waals surface area contributed by atoms with Crippen LogP contribution in [0.4, 0.5) is 11.4 Å². The van der Waals surface area contributed by atoms with E-state index in [1.807, 2.05) is 72.8 Å². The maximum Gasteiger partial charge on any atom is 0.244 e. The highest BCUT2D eigenvalue weighted by molar-refractivity contribution is 6.09. The number of anilines is 2. The van der Waals surface area contributed by atoms with Gasteiger partial charge in [-0.3, -0.25) is 9.59 Å². The SMILES string of the molecule is O=C1CN(C(=O)CCOc2ccccc2-c2ccccc2)c2ccccc2N1. The zero-order valence-electron chi connectivity index (χ0n) is 15.3. The molecule has 0 saturated carbocycles. The van der Waals surface area contributed by atoms with Crippen LogP contribution in [-0.2, 0) is 9.59 Å². The number of hydrogen-bond acceptors (Lipinski definition) is 3. The van der Waals surface area contributed by atoms with E-state index < -0.39 is 0 Å². The average Bonchev–Trinajstić information content (AvgIpc) is 2.74. The Morgan fingerprint density at radius 2 is 1.64 bits per heavy atom. The van der Waals surface area contributed by atoms with Gasteiger partial charge in [-0.05, 0) is 23.8 Å². The van der Waals surface area contributed by atoms with Crippen LogP contribution in [0.2, 0.25) is 0 Å². The van der Waals surface area contributed by atoms with Crippen molar-refractivity contribution in [2.45, 2.75) is 6.42 Å². The molecule has 5 nitrogen and oxygen atoms in total. The number of carbonyl (C=O) groups is 2. The second-order valence-electron chi connectivity index (χ2n) is 6.51. The van der Waals surface area contributed by atoms with Gasteiger partial charge in [0, 0.05) is 5.56 Å². The van der Waals surface area contributed by atoms with Crippen molar-refractivity contribution >= 4 is 23.2 Å². The van der Waals surface area contributed by atoms with Crippen LogP contribution in [0.25, 0.3) is 11.1 Å². The molecule has 2 amide bonds. The van der Waals surface area contributed by atoms with E-state index in [9.17, 15) is 9.59 Å². The number of ether oxygens (including phenoxy) is 1. The standard InChI is InChI=1S/C23H20N2O3/c26-22-16-25(20-12-6-5-11-19(20)24-22)23(27)14-15-28-21-13-7-4-10-18(21)17-8-2-1-3-9-17/h1-13H,14-16H2,(H,24,26). The van der Waals surface area contributed by atoms with Crippen molar-refractivity contribution in [2.24, 2.45) is 0 Å². The van der Waals surface area contributed by atoms with Crippen molar-refractivity contribution in [3.8, 4) is 16.9 Å². The van der Waals surface area contributed by atoms with E-state index in [2.05, 4.69) is 5.32 Å². The number of para-hydroxylation sites is 3. The summed E-state index contributed by atoms with van der Waals surface area (Å²) < 4.78 is 5.92. The summed E-state index contributed by atoms with van der Waals surface area (Å²) >= 11 is 0. The Balaban J connectivity index is 1.44. The zero-order valence-corrected chi connectivity index (χ0v) is 15.3. The molecule has 3 aromatic carbocycles. The molecule has 0 radical (unpaired) electrons. The van der Waals surface area contributed by atoms with Crippen molar-refractivity contribution in [2.75, 3.05) is 23.4 Å². The lowest BCUT2D eigenvalue weighted by molar-refractivity contribution is -0.122. The second kappa shape index (κ2) is 7.96. The Hall–Kier alpha value is -3.60. The summed E-state index contributed by atoms with van der Waals surface area (Å²) in [5, 5.41) is 2.79. The number of nitrogens with one attached hydrogen (secondary N) is 1. The number of nitrogens with zero attached hydrogens (tertiary/aromatic N) is 1. The number of carbonyl (C=O) groups excluding carboxylic acids is 2. The highest BCUT2D eigenvalue weighted by Crippen LogP contribution is 2.31. The molecule has 5 heteroatoms. The van der Waals surface area contributed by atoms with Gasteiger partial charge in [0.05, 0.1) is 24.4 Å². The van der Waals surface area contributed by atoms with Crippen LogP contribution >= 0.6 is 0 Å². The molecule has 1 aliphatic rings. The summed E-state index contributed by atoms with van der Waals surface area (Å²) in [6.45, 7) is 0.263. The molecular formula is C23H20N2O3. The molecule has 0 spiro atoms. The summed E-state index contributed by atoms with van der Waals surface area (Å²) in [6, 6.07) is 25.1. The molecule has 3 aromatic rings. The van der Waals surface area contributed by atoms with Gasteiger partial charge in [-0.2, -0.15) is 0 Å². The van der Waals surface area contributed by atoms with Gasteiger partial charge in [-0.25, -0.2) is 0 Å². The molecule has 0 saturated heterocycles. The van der Waals surface area contributed by atoms with Gasteiger partial charge in [-0.1, -0.05) is 60.7 Å². The topological polar surface area (TPSA) is 58.6 Å². The van der Waals surface area contributed by atoms with Gasteiger partial charge in [0.2, 0.25) is 11.8 Å². The third-order valence-corrected chi connectivity index (χ3v) is 4.62. The first-order valence-corrected chi connectivity index (χ1v) is 9.19. The average molecular weight is 372 g/mol. The van der Waals surface area contributed by atoms with E-state index in [1.54, 1.807) is 6.07 Å². The molecule has 0 unspecified atom stereocenters. The van der Waals surface area contributed by atoms with Crippen molar-refractivity contribution in [1.29, 1.82) is 0 Å². The predicted octanol–water partition coefficient (Wildman–Crippen LogP) is 4.11. The lowest BCUT2D eigenvalue weighted by Crippen LogP contribution is -2.42. The fourth-order valence-electron chi connectivity index (χ4n) is 3.29. The zero-order chi connectivity index (χ0) is 19.3. The fourth-order valence-corrected chi connectivity index (χ4v) is 3.29. The first kappa shape index (κ1) is 17.8. The molecule has 1 aliphatic heterocycles. The monoisotopic (exact) mass is 372 g/mol. The number of fused-ring (bicyclic) bond motifs is 1. The minimum Gasteiger partial charge on any atom is -0.492 e. The van der Waals surface area contributed by atoms with Gasteiger partial charge in [0.25, 0.3) is 0 Å². The molecule has 28 heavy (non-hydrogen) atoms. The van der Waals surface area contributed by atoms with Crippen LogP contribution in [0.3, 0.4) is 0 Å². The van der Waals surface area contributed by atoms with Crippen LogP contribution < -0.4 is 15.0 Å². The lowest BCUT2D eigenvalue weighted by atomic mass is 10.1. The molecule has 0 aliphatic carbocycles. The van der Waals surface area contributed by atoms with Gasteiger partial charge in [0.15, 0.2) is 0 Å². The van der Waals surface area contributed by atoms with Gasteiger partial charge in [0.1, 0.15) is 12.3 Å². The van der Waals surface area contributed by atoms with Crippen LogP contribution in [0, 0.1) is 0 Å². The summed E-state index contributed by atoms with van der Waals surface area (Å²) in [6.07, 6.45) is 0.185. The molecule has 0 atom stereocenters. The van der Waals surface area contributed by atoms with E-state index >= 15 is 0 Å². The minimum atomic E-state index is -0.192. The summed E-state index contributed by atoms with van der Waals surface area (Å²) in [4.78, 5) is 26.1. The molecule has 1 heterocycles. The fraction of sp³-hybridized carbons (Fsp3) is 0.130. The van der Waals surface area contributed by atoms with E-state index in [4.69, 9.17) is 4.74 Å². The minimum absolute atomic E-state index is 0.0243. The highest BCUT2D eigenvalue weighted by atomic mass is 16.5. The van der Waals surface area contributed by atoms with Crippen molar-refractivity contribution < 1.29 is 14.3 Å². The Labute approximate surface area is 163 Å². The number of rotatable bonds is 5. The Morgan fingerprint density at radius 1 is 0.929 bits per heavy atom. The Bertz CT molecular complexity index is 1000. The van der Waals surface area contributed by atoms with Crippen molar-refractivity contribution in [1.82, 2.24) is 0 Å². The van der Waals surface area contributed by atoms with Crippen molar-refractivity contribution in [3.63, 3.8) is 0 Å². The molecule has 4 rings (SSSR count).